The lowest BCUT2D eigenvalue weighted by molar-refractivity contribution is 0.692. The average molecular weight is 180 g/mol. The van der Waals surface area contributed by atoms with Gasteiger partial charge in [0.2, 0.25) is 0 Å². The Hall–Kier alpha value is -0.303. The van der Waals surface area contributed by atoms with Crippen LogP contribution < -0.4 is 0 Å². The number of hydrogen-bond acceptors (Lipinski definition) is 0. The Morgan fingerprint density at radius 1 is 1.08 bits per heavy atom. The molecular formula is C11H20Si. The summed E-state index contributed by atoms with van der Waals surface area (Å²) in [7, 11) is -0.777. The number of hydrogen-bond donors (Lipinski definition) is 0. The topological polar surface area (TPSA) is 0 Å². The molecule has 1 rings (SSSR count). The first-order valence-electron chi connectivity index (χ1n) is 4.93. The third kappa shape index (κ3) is 3.91. The van der Waals surface area contributed by atoms with Gasteiger partial charge in [-0.05, 0) is 12.3 Å². The monoisotopic (exact) mass is 180 g/mol. The van der Waals surface area contributed by atoms with Gasteiger partial charge in [-0.2, -0.15) is 0 Å². The standard InChI is InChI=1S/C11H20Si/c1-12(2,3)10-6-9-11-7-4-5-8-11/h4-5,7-8,11H,6,9-10H2,1-3H3. The van der Waals surface area contributed by atoms with Crippen molar-refractivity contribution in [1.29, 1.82) is 0 Å². The number of rotatable bonds is 4. The van der Waals surface area contributed by atoms with E-state index in [1.165, 1.54) is 18.9 Å². The van der Waals surface area contributed by atoms with Gasteiger partial charge in [0.05, 0.1) is 0 Å². The van der Waals surface area contributed by atoms with Crippen LogP contribution in [0.2, 0.25) is 25.7 Å². The van der Waals surface area contributed by atoms with Gasteiger partial charge in [0.15, 0.2) is 0 Å². The normalized spacial score (nSPS) is 17.6. The van der Waals surface area contributed by atoms with E-state index >= 15 is 0 Å². The summed E-state index contributed by atoms with van der Waals surface area (Å²) < 4.78 is 0. The lowest BCUT2D eigenvalue weighted by Gasteiger charge is -2.15. The Labute approximate surface area is 77.4 Å². The fraction of sp³-hybridized carbons (Fsp3) is 0.636. The summed E-state index contributed by atoms with van der Waals surface area (Å²) in [6.07, 6.45) is 11.7. The van der Waals surface area contributed by atoms with Crippen LogP contribution in [0.1, 0.15) is 12.8 Å². The predicted octanol–water partition coefficient (Wildman–Crippen LogP) is 3.85. The molecule has 0 aromatic rings. The molecule has 0 unspecified atom stereocenters. The van der Waals surface area contributed by atoms with Gasteiger partial charge in [0.25, 0.3) is 0 Å². The molecular weight excluding hydrogens is 160 g/mol. The van der Waals surface area contributed by atoms with Crippen molar-refractivity contribution in [2.24, 2.45) is 5.92 Å². The van der Waals surface area contributed by atoms with Crippen molar-refractivity contribution in [3.63, 3.8) is 0 Å². The predicted molar refractivity (Wildman–Crippen MR) is 59.2 cm³/mol. The molecule has 1 aliphatic rings. The van der Waals surface area contributed by atoms with Gasteiger partial charge in [-0.25, -0.2) is 0 Å². The summed E-state index contributed by atoms with van der Waals surface area (Å²) >= 11 is 0. The molecule has 0 atom stereocenters. The molecule has 12 heavy (non-hydrogen) atoms. The van der Waals surface area contributed by atoms with Crippen LogP contribution in [0.4, 0.5) is 0 Å². The summed E-state index contributed by atoms with van der Waals surface area (Å²) in [5, 5.41) is 0. The molecule has 0 saturated carbocycles. The highest BCUT2D eigenvalue weighted by Gasteiger charge is 2.13. The van der Waals surface area contributed by atoms with Crippen molar-refractivity contribution in [1.82, 2.24) is 0 Å². The first kappa shape index (κ1) is 9.78. The second kappa shape index (κ2) is 4.08. The van der Waals surface area contributed by atoms with Crippen molar-refractivity contribution in [3.8, 4) is 0 Å². The maximum absolute atomic E-state index is 2.45. The molecule has 0 N–H and O–H groups in total. The third-order valence-corrected chi connectivity index (χ3v) is 4.15. The van der Waals surface area contributed by atoms with E-state index in [2.05, 4.69) is 43.9 Å². The Kier molecular flexibility index (Phi) is 3.33. The summed E-state index contributed by atoms with van der Waals surface area (Å²) in [6, 6.07) is 1.48. The van der Waals surface area contributed by atoms with Crippen LogP contribution in [0.3, 0.4) is 0 Å². The fourth-order valence-electron chi connectivity index (χ4n) is 1.54. The molecule has 0 bridgehead atoms. The minimum Gasteiger partial charge on any atom is -0.0776 e. The second-order valence-electron chi connectivity index (χ2n) is 4.89. The average Bonchev–Trinajstić information content (AvgIpc) is 2.36. The SMILES string of the molecule is C[Si](C)(C)CCCC1C=CC=C1. The molecule has 0 amide bonds. The van der Waals surface area contributed by atoms with Gasteiger partial charge >= 0.3 is 0 Å². The number of allylic oxidation sites excluding steroid dienone is 4. The summed E-state index contributed by atoms with van der Waals surface area (Å²) in [4.78, 5) is 0. The molecule has 0 fully saturated rings. The van der Waals surface area contributed by atoms with Crippen LogP contribution in [0, 0.1) is 5.92 Å². The largest absolute Gasteiger partial charge is 0.0776 e. The molecule has 0 aromatic carbocycles. The van der Waals surface area contributed by atoms with E-state index in [9.17, 15) is 0 Å². The van der Waals surface area contributed by atoms with E-state index < -0.39 is 8.07 Å². The summed E-state index contributed by atoms with van der Waals surface area (Å²) in [5.74, 6) is 0.751. The van der Waals surface area contributed by atoms with Crippen molar-refractivity contribution in [2.45, 2.75) is 38.5 Å². The molecule has 0 heterocycles. The van der Waals surface area contributed by atoms with E-state index in [4.69, 9.17) is 0 Å². The van der Waals surface area contributed by atoms with Crippen LogP contribution in [-0.2, 0) is 0 Å². The fourth-order valence-corrected chi connectivity index (χ4v) is 2.80. The molecule has 68 valence electrons. The van der Waals surface area contributed by atoms with Crippen LogP contribution in [-0.4, -0.2) is 8.07 Å². The maximum atomic E-state index is 2.45. The van der Waals surface area contributed by atoms with Gasteiger partial charge < -0.3 is 0 Å². The third-order valence-electron chi connectivity index (χ3n) is 2.29. The second-order valence-corrected chi connectivity index (χ2v) is 10.5. The van der Waals surface area contributed by atoms with Crippen LogP contribution in [0.25, 0.3) is 0 Å². The smallest absolute Gasteiger partial charge is 0.0442 e. The highest BCUT2D eigenvalue weighted by atomic mass is 28.3. The van der Waals surface area contributed by atoms with Crippen molar-refractivity contribution < 1.29 is 0 Å². The van der Waals surface area contributed by atoms with Crippen molar-refractivity contribution >= 4 is 8.07 Å². The van der Waals surface area contributed by atoms with Gasteiger partial charge in [0.1, 0.15) is 0 Å². The van der Waals surface area contributed by atoms with E-state index in [1.54, 1.807) is 0 Å². The Morgan fingerprint density at radius 2 is 1.67 bits per heavy atom. The molecule has 0 nitrogen and oxygen atoms in total. The molecule has 0 radical (unpaired) electrons. The zero-order valence-electron chi connectivity index (χ0n) is 8.51. The van der Waals surface area contributed by atoms with Crippen LogP contribution in [0.5, 0.6) is 0 Å². The van der Waals surface area contributed by atoms with Crippen LogP contribution in [0.15, 0.2) is 24.3 Å². The zero-order chi connectivity index (χ0) is 9.03. The highest BCUT2D eigenvalue weighted by molar-refractivity contribution is 6.76. The molecule has 0 saturated heterocycles. The molecule has 0 spiro atoms. The molecule has 1 aliphatic carbocycles. The lowest BCUT2D eigenvalue weighted by atomic mass is 10.1. The highest BCUT2D eigenvalue weighted by Crippen LogP contribution is 2.20. The first-order valence-corrected chi connectivity index (χ1v) is 8.64. The minimum atomic E-state index is -0.777. The Bertz CT molecular complexity index is 172. The van der Waals surface area contributed by atoms with E-state index in [0.717, 1.165) is 5.92 Å². The van der Waals surface area contributed by atoms with Gasteiger partial charge in [-0.1, -0.05) is 56.4 Å². The van der Waals surface area contributed by atoms with Crippen molar-refractivity contribution in [2.75, 3.05) is 0 Å². The van der Waals surface area contributed by atoms with Gasteiger partial charge in [-0.3, -0.25) is 0 Å². The summed E-state index contributed by atoms with van der Waals surface area (Å²) in [6.45, 7) is 7.36. The Morgan fingerprint density at radius 3 is 2.17 bits per heavy atom. The quantitative estimate of drug-likeness (QED) is 0.577. The lowest BCUT2D eigenvalue weighted by Crippen LogP contribution is -2.18. The van der Waals surface area contributed by atoms with Crippen LogP contribution >= 0.6 is 0 Å². The molecule has 0 aromatic heterocycles. The van der Waals surface area contributed by atoms with Gasteiger partial charge in [-0.15, -0.1) is 0 Å². The van der Waals surface area contributed by atoms with E-state index in [1.807, 2.05) is 0 Å². The van der Waals surface area contributed by atoms with Gasteiger partial charge in [0, 0.05) is 8.07 Å². The first-order chi connectivity index (χ1) is 5.58. The maximum Gasteiger partial charge on any atom is 0.0442 e. The molecule has 1 heteroatoms. The Balaban J connectivity index is 2.10. The van der Waals surface area contributed by atoms with E-state index in [0.29, 0.717) is 0 Å². The minimum absolute atomic E-state index is 0.751. The van der Waals surface area contributed by atoms with Crippen molar-refractivity contribution in [3.05, 3.63) is 24.3 Å². The summed E-state index contributed by atoms with van der Waals surface area (Å²) in [5.41, 5.74) is 0. The molecule has 0 aliphatic heterocycles. The zero-order valence-corrected chi connectivity index (χ0v) is 9.51. The van der Waals surface area contributed by atoms with E-state index in [-0.39, 0.29) is 0 Å².